The van der Waals surface area contributed by atoms with Crippen molar-refractivity contribution in [1.82, 2.24) is 4.90 Å². The molecule has 0 spiro atoms. The molecule has 0 N–H and O–H groups in total. The molecule has 3 aromatic carbocycles. The molecular weight excluding hydrogens is 358 g/mol. The van der Waals surface area contributed by atoms with Gasteiger partial charge in [-0.15, -0.1) is 0 Å². The Bertz CT molecular complexity index is 1170. The molecule has 1 saturated heterocycles. The number of piperazine rings is 1. The van der Waals surface area contributed by atoms with Crippen LogP contribution >= 0.6 is 0 Å². The number of nitrogens with zero attached hydrogens (tertiary/aromatic N) is 3. The minimum Gasteiger partial charge on any atom is -0.368 e. The van der Waals surface area contributed by atoms with Crippen LogP contribution in [0.15, 0.2) is 66.2 Å². The Balaban J connectivity index is 1.43. The summed E-state index contributed by atoms with van der Waals surface area (Å²) < 4.78 is 0. The van der Waals surface area contributed by atoms with Crippen LogP contribution < -0.4 is 4.90 Å². The Morgan fingerprint density at radius 3 is 2.45 bits per heavy atom. The van der Waals surface area contributed by atoms with Gasteiger partial charge in [0.2, 0.25) is 5.78 Å². The van der Waals surface area contributed by atoms with E-state index in [4.69, 9.17) is 0 Å². The van der Waals surface area contributed by atoms with Crippen molar-refractivity contribution in [3.63, 3.8) is 0 Å². The van der Waals surface area contributed by atoms with Crippen LogP contribution in [0.1, 0.15) is 21.5 Å². The maximum Gasteiger partial charge on any atom is 0.204 e. The fraction of sp³-hybridized carbons (Fsp3) is 0.200. The van der Waals surface area contributed by atoms with Gasteiger partial charge in [0.15, 0.2) is 0 Å². The molecule has 1 heterocycles. The summed E-state index contributed by atoms with van der Waals surface area (Å²) in [5.74, 6) is -0.171. The zero-order valence-electron chi connectivity index (χ0n) is 16.1. The van der Waals surface area contributed by atoms with Crippen LogP contribution in [0.5, 0.6) is 0 Å². The van der Waals surface area contributed by atoms with E-state index in [1.165, 1.54) is 11.3 Å². The lowest BCUT2D eigenvalue weighted by atomic mass is 9.87. The zero-order valence-corrected chi connectivity index (χ0v) is 16.1. The maximum atomic E-state index is 12.6. The average Bonchev–Trinajstić information content (AvgIpc) is 2.77. The second-order valence-electron chi connectivity index (χ2n) is 7.65. The molecule has 5 rings (SSSR count). The Labute approximate surface area is 170 Å². The van der Waals surface area contributed by atoms with Crippen molar-refractivity contribution in [2.45, 2.75) is 6.54 Å². The van der Waals surface area contributed by atoms with Gasteiger partial charge in [-0.05, 0) is 23.3 Å². The fourth-order valence-electron chi connectivity index (χ4n) is 4.44. The molecule has 1 aliphatic heterocycles. The lowest BCUT2D eigenvalue weighted by Crippen LogP contribution is -2.46. The first kappa shape index (κ1) is 17.7. The highest BCUT2D eigenvalue weighted by molar-refractivity contribution is 6.25. The van der Waals surface area contributed by atoms with Crippen LogP contribution in [0.25, 0.3) is 16.8 Å². The van der Waals surface area contributed by atoms with E-state index in [1.807, 2.05) is 24.3 Å². The third-order valence-corrected chi connectivity index (χ3v) is 5.92. The first-order valence-corrected chi connectivity index (χ1v) is 9.98. The summed E-state index contributed by atoms with van der Waals surface area (Å²) in [6.07, 6.45) is 1.72. The maximum absolute atomic E-state index is 12.6. The lowest BCUT2D eigenvalue weighted by molar-refractivity contribution is 0.104. The quantitative estimate of drug-likeness (QED) is 0.682. The summed E-state index contributed by atoms with van der Waals surface area (Å²) in [5, 5.41) is 11.3. The van der Waals surface area contributed by atoms with Crippen LogP contribution in [0.4, 0.5) is 5.69 Å². The lowest BCUT2D eigenvalue weighted by Gasteiger charge is -2.37. The van der Waals surface area contributed by atoms with Crippen molar-refractivity contribution in [2.75, 3.05) is 31.1 Å². The van der Waals surface area contributed by atoms with Crippen molar-refractivity contribution in [2.24, 2.45) is 0 Å². The minimum atomic E-state index is -0.171. The molecule has 0 amide bonds. The Kier molecular flexibility index (Phi) is 4.38. The van der Waals surface area contributed by atoms with Gasteiger partial charge >= 0.3 is 0 Å². The Morgan fingerprint density at radius 2 is 1.69 bits per heavy atom. The molecule has 4 heteroatoms. The number of rotatable bonds is 3. The fourth-order valence-corrected chi connectivity index (χ4v) is 4.44. The molecule has 29 heavy (non-hydrogen) atoms. The second kappa shape index (κ2) is 7.20. The predicted octanol–water partition coefficient (Wildman–Crippen LogP) is 4.27. The van der Waals surface area contributed by atoms with Crippen LogP contribution in [0.2, 0.25) is 0 Å². The molecule has 142 valence electrons. The number of carbonyl (C=O) groups is 1. The van der Waals surface area contributed by atoms with Gasteiger partial charge in [-0.1, -0.05) is 54.6 Å². The number of anilines is 1. The highest BCUT2D eigenvalue weighted by Gasteiger charge is 2.25. The van der Waals surface area contributed by atoms with E-state index in [2.05, 4.69) is 52.3 Å². The number of allylic oxidation sites excluding steroid dienone is 1. The molecule has 0 bridgehead atoms. The summed E-state index contributed by atoms with van der Waals surface area (Å²) in [7, 11) is 0. The van der Waals surface area contributed by atoms with E-state index in [0.717, 1.165) is 49.1 Å². The predicted molar refractivity (Wildman–Crippen MR) is 116 cm³/mol. The molecule has 2 aliphatic rings. The number of ketones is 1. The van der Waals surface area contributed by atoms with E-state index < -0.39 is 0 Å². The third kappa shape index (κ3) is 3.10. The largest absolute Gasteiger partial charge is 0.368 e. The summed E-state index contributed by atoms with van der Waals surface area (Å²) in [6.45, 7) is 4.91. The van der Waals surface area contributed by atoms with Gasteiger partial charge in [-0.3, -0.25) is 9.69 Å². The molecule has 1 aliphatic carbocycles. The van der Waals surface area contributed by atoms with Gasteiger partial charge in [-0.25, -0.2) is 0 Å². The first-order valence-electron chi connectivity index (χ1n) is 9.98. The number of hydrogen-bond acceptors (Lipinski definition) is 4. The monoisotopic (exact) mass is 379 g/mol. The van der Waals surface area contributed by atoms with Gasteiger partial charge < -0.3 is 4.90 Å². The van der Waals surface area contributed by atoms with Gasteiger partial charge in [0, 0.05) is 54.7 Å². The summed E-state index contributed by atoms with van der Waals surface area (Å²) in [5.41, 5.74) is 4.33. The summed E-state index contributed by atoms with van der Waals surface area (Å²) >= 11 is 0. The Hall–Kier alpha value is -3.42. The summed E-state index contributed by atoms with van der Waals surface area (Å²) in [6, 6.07) is 22.7. The topological polar surface area (TPSA) is 47.3 Å². The van der Waals surface area contributed by atoms with Crippen LogP contribution in [0, 0.1) is 11.3 Å². The van der Waals surface area contributed by atoms with Gasteiger partial charge in [0.1, 0.15) is 11.6 Å². The molecule has 0 aromatic heterocycles. The molecule has 4 nitrogen and oxygen atoms in total. The van der Waals surface area contributed by atoms with Crippen molar-refractivity contribution < 1.29 is 4.79 Å². The van der Waals surface area contributed by atoms with Crippen molar-refractivity contribution >= 4 is 28.3 Å². The minimum absolute atomic E-state index is 0.171. The van der Waals surface area contributed by atoms with E-state index in [-0.39, 0.29) is 11.4 Å². The summed E-state index contributed by atoms with van der Waals surface area (Å²) in [4.78, 5) is 17.5. The molecule has 0 radical (unpaired) electrons. The van der Waals surface area contributed by atoms with E-state index in [1.54, 1.807) is 6.08 Å². The standard InChI is InChI=1S/C25H21N3O/c26-16-20-15-19-9-10-23(21-7-4-8-22(24(19)21)25(20)29)28-13-11-27(12-14-28)17-18-5-2-1-3-6-18/h1-10,15H,11-14,17H2. The van der Waals surface area contributed by atoms with Crippen molar-refractivity contribution in [1.29, 1.82) is 5.26 Å². The SMILES string of the molecule is N#CC1=Cc2ccc(N3CCN(Cc4ccccc4)CC3)c3cccc(c23)C1=O. The number of benzene rings is 3. The number of hydrogen-bond donors (Lipinski definition) is 0. The average molecular weight is 379 g/mol. The third-order valence-electron chi connectivity index (χ3n) is 5.92. The molecule has 3 aromatic rings. The van der Waals surface area contributed by atoms with Crippen molar-refractivity contribution in [3.05, 3.63) is 82.9 Å². The second-order valence-corrected chi connectivity index (χ2v) is 7.65. The van der Waals surface area contributed by atoms with Gasteiger partial charge in [0.05, 0.1) is 0 Å². The smallest absolute Gasteiger partial charge is 0.204 e. The van der Waals surface area contributed by atoms with Crippen molar-refractivity contribution in [3.8, 4) is 6.07 Å². The van der Waals surface area contributed by atoms with E-state index >= 15 is 0 Å². The van der Waals surface area contributed by atoms with Crippen LogP contribution in [-0.2, 0) is 6.54 Å². The first-order chi connectivity index (χ1) is 14.2. The number of Topliss-reactive ketones (excluding diaryl/α,β-unsaturated/α-hetero) is 1. The Morgan fingerprint density at radius 1 is 0.897 bits per heavy atom. The normalized spacial score (nSPS) is 16.6. The number of carbonyl (C=O) groups excluding carboxylic acids is 1. The molecule has 0 unspecified atom stereocenters. The van der Waals surface area contributed by atoms with E-state index in [0.29, 0.717) is 5.56 Å². The zero-order chi connectivity index (χ0) is 19.8. The molecule has 0 atom stereocenters. The highest BCUT2D eigenvalue weighted by atomic mass is 16.1. The van der Waals surface area contributed by atoms with Crippen LogP contribution in [0.3, 0.4) is 0 Å². The van der Waals surface area contributed by atoms with Crippen LogP contribution in [-0.4, -0.2) is 36.9 Å². The van der Waals surface area contributed by atoms with Gasteiger partial charge in [0.25, 0.3) is 0 Å². The molecule has 1 fully saturated rings. The highest BCUT2D eigenvalue weighted by Crippen LogP contribution is 2.37. The number of nitriles is 1. The van der Waals surface area contributed by atoms with Gasteiger partial charge in [-0.2, -0.15) is 5.26 Å². The molecule has 0 saturated carbocycles. The van der Waals surface area contributed by atoms with E-state index in [9.17, 15) is 10.1 Å². The molecular formula is C25H21N3O.